The predicted octanol–water partition coefficient (Wildman–Crippen LogP) is -0.828. The van der Waals surface area contributed by atoms with Gasteiger partial charge in [-0.05, 0) is 12.4 Å². The molecule has 0 saturated heterocycles. The maximum absolute atomic E-state index is 10.3. The summed E-state index contributed by atoms with van der Waals surface area (Å²) >= 11 is 0. The summed E-state index contributed by atoms with van der Waals surface area (Å²) in [5.74, 6) is -3.27. The minimum Gasteiger partial charge on any atom is -0.481 e. The van der Waals surface area contributed by atoms with Crippen molar-refractivity contribution in [2.24, 2.45) is 0 Å². The highest BCUT2D eigenvalue weighted by Crippen LogP contribution is 2.15. The molecule has 0 unspecified atom stereocenters. The van der Waals surface area contributed by atoms with E-state index in [1.54, 1.807) is 5.87 Å². The Hall–Kier alpha value is -2.18. The van der Waals surface area contributed by atoms with E-state index in [-0.39, 0.29) is 0 Å². The van der Waals surface area contributed by atoms with Crippen LogP contribution in [0.2, 0.25) is 0 Å². The predicted molar refractivity (Wildman–Crippen MR) is 50.4 cm³/mol. The van der Waals surface area contributed by atoms with Crippen molar-refractivity contribution >= 4 is 23.8 Å². The van der Waals surface area contributed by atoms with Crippen LogP contribution >= 0.6 is 0 Å². The summed E-state index contributed by atoms with van der Waals surface area (Å²) in [5.41, 5.74) is -2.74. The third kappa shape index (κ3) is 7.25. The summed E-state index contributed by atoms with van der Waals surface area (Å²) < 4.78 is 0. The Morgan fingerprint density at radius 1 is 1.12 bits per heavy atom. The molecule has 0 aromatic carbocycles. The number of carboxylic acids is 3. The van der Waals surface area contributed by atoms with Crippen LogP contribution in [0.3, 0.4) is 0 Å². The van der Waals surface area contributed by atoms with Crippen LogP contribution in [-0.2, 0) is 14.4 Å². The molecule has 0 bridgehead atoms. The van der Waals surface area contributed by atoms with E-state index >= 15 is 0 Å². The van der Waals surface area contributed by atoms with E-state index in [1.165, 1.54) is 0 Å². The molecule has 0 aromatic heterocycles. The number of aliphatic hydroxyl groups is 1. The number of carboxylic acid groups (broad SMARTS) is 3. The molecule has 0 fully saturated rings. The summed E-state index contributed by atoms with van der Waals surface area (Å²) in [5, 5.41) is 39.7. The first-order valence-corrected chi connectivity index (χ1v) is 3.77. The Kier molecular flexibility index (Phi) is 7.27. The standard InChI is InChI=1S/C6H8O7.C2H3N/c7-3(8)1-6(13,5(11)12)2-4(9)10;1-2-3/h13H,1-2H2,(H,7,8)(H,9,10)(H,11,12);3H,1H2. The Morgan fingerprint density at radius 3 is 1.50 bits per heavy atom. The van der Waals surface area contributed by atoms with Gasteiger partial charge < -0.3 is 20.4 Å². The van der Waals surface area contributed by atoms with E-state index in [0.717, 1.165) is 0 Å². The monoisotopic (exact) mass is 233 g/mol. The number of rotatable bonds is 5. The fourth-order valence-electron chi connectivity index (χ4n) is 0.714. The first kappa shape index (κ1) is 16.3. The van der Waals surface area contributed by atoms with Crippen molar-refractivity contribution in [2.75, 3.05) is 0 Å². The lowest BCUT2D eigenvalue weighted by atomic mass is 9.96. The molecule has 5 N–H and O–H groups in total. The van der Waals surface area contributed by atoms with Gasteiger partial charge in [0.15, 0.2) is 5.60 Å². The Morgan fingerprint density at radius 2 is 1.38 bits per heavy atom. The van der Waals surface area contributed by atoms with Gasteiger partial charge in [0, 0.05) is 0 Å². The summed E-state index contributed by atoms with van der Waals surface area (Å²) in [6.45, 7) is 2.90. The van der Waals surface area contributed by atoms with Gasteiger partial charge in [0.2, 0.25) is 0 Å². The molecule has 0 amide bonds. The molecule has 16 heavy (non-hydrogen) atoms. The maximum atomic E-state index is 10.3. The number of hydrogen-bond acceptors (Lipinski definition) is 5. The number of hydrogen-bond donors (Lipinski definition) is 5. The zero-order valence-electron chi connectivity index (χ0n) is 8.13. The molecule has 90 valence electrons. The fourth-order valence-corrected chi connectivity index (χ4v) is 0.714. The van der Waals surface area contributed by atoms with Crippen LogP contribution in [0.25, 0.3) is 0 Å². The van der Waals surface area contributed by atoms with Crippen molar-refractivity contribution in [2.45, 2.75) is 18.4 Å². The second-order valence-electron chi connectivity index (χ2n) is 2.65. The second kappa shape index (κ2) is 7.16. The van der Waals surface area contributed by atoms with Crippen LogP contribution in [0.4, 0.5) is 0 Å². The van der Waals surface area contributed by atoms with Crippen molar-refractivity contribution in [1.82, 2.24) is 0 Å². The van der Waals surface area contributed by atoms with Crippen LogP contribution < -0.4 is 0 Å². The maximum Gasteiger partial charge on any atom is 0.336 e. The highest BCUT2D eigenvalue weighted by atomic mass is 16.4. The topological polar surface area (TPSA) is 156 Å². The van der Waals surface area contributed by atoms with Gasteiger partial charge in [-0.1, -0.05) is 0 Å². The third-order valence-electron chi connectivity index (χ3n) is 1.29. The van der Waals surface area contributed by atoms with Crippen molar-refractivity contribution in [1.29, 1.82) is 5.41 Å². The summed E-state index contributed by atoms with van der Waals surface area (Å²) in [6, 6.07) is 0. The van der Waals surface area contributed by atoms with Gasteiger partial charge >= 0.3 is 17.9 Å². The first-order valence-electron chi connectivity index (χ1n) is 3.77. The van der Waals surface area contributed by atoms with E-state index in [0.29, 0.717) is 0 Å². The molecule has 0 aliphatic carbocycles. The minimum absolute atomic E-state index is 1.14. The van der Waals surface area contributed by atoms with Gasteiger partial charge in [0.25, 0.3) is 0 Å². The molecular formula is C8H11NO7. The van der Waals surface area contributed by atoms with Gasteiger partial charge in [-0.15, -0.1) is 0 Å². The molecule has 0 radical (unpaired) electrons. The molecular weight excluding hydrogens is 222 g/mol. The lowest BCUT2D eigenvalue weighted by Crippen LogP contribution is -2.42. The molecule has 0 aliphatic rings. The Balaban J connectivity index is 0. The van der Waals surface area contributed by atoms with E-state index in [9.17, 15) is 14.4 Å². The van der Waals surface area contributed by atoms with E-state index in [1.807, 2.05) is 0 Å². The van der Waals surface area contributed by atoms with E-state index in [4.69, 9.17) is 25.8 Å². The van der Waals surface area contributed by atoms with Gasteiger partial charge in [0.1, 0.15) is 0 Å². The van der Waals surface area contributed by atoms with Gasteiger partial charge in [-0.2, -0.15) is 0 Å². The molecule has 0 atom stereocenters. The fraction of sp³-hybridized carbons (Fsp3) is 0.375. The van der Waals surface area contributed by atoms with Crippen molar-refractivity contribution in [3.05, 3.63) is 6.58 Å². The molecule has 0 heterocycles. The third-order valence-corrected chi connectivity index (χ3v) is 1.29. The minimum atomic E-state index is -2.74. The molecule has 0 rings (SSSR count). The number of aliphatic carboxylic acids is 3. The van der Waals surface area contributed by atoms with Crippen LogP contribution in [-0.4, -0.2) is 49.8 Å². The molecule has 0 spiro atoms. The Bertz CT molecular complexity index is 300. The van der Waals surface area contributed by atoms with Crippen molar-refractivity contribution < 1.29 is 34.8 Å². The zero-order chi connectivity index (χ0) is 13.4. The molecule has 0 aromatic rings. The lowest BCUT2D eigenvalue weighted by molar-refractivity contribution is -0.170. The van der Waals surface area contributed by atoms with Crippen LogP contribution in [0.15, 0.2) is 6.58 Å². The average molecular weight is 233 g/mol. The van der Waals surface area contributed by atoms with E-state index in [2.05, 4.69) is 6.58 Å². The molecule has 8 heteroatoms. The average Bonchev–Trinajstić information content (AvgIpc) is 2.01. The second-order valence-corrected chi connectivity index (χ2v) is 2.65. The molecule has 8 nitrogen and oxygen atoms in total. The van der Waals surface area contributed by atoms with E-state index < -0.39 is 36.4 Å². The highest BCUT2D eigenvalue weighted by Gasteiger charge is 2.40. The van der Waals surface area contributed by atoms with Gasteiger partial charge in [-0.3, -0.25) is 15.0 Å². The van der Waals surface area contributed by atoms with Gasteiger partial charge in [0.05, 0.1) is 12.8 Å². The molecule has 0 aliphatic heterocycles. The normalized spacial score (nSPS) is 9.31. The SMILES string of the molecule is C=C=N.O=C(O)CC(O)(CC(=O)O)C(=O)O. The summed E-state index contributed by atoms with van der Waals surface area (Å²) in [7, 11) is 0. The zero-order valence-corrected chi connectivity index (χ0v) is 8.13. The highest BCUT2D eigenvalue weighted by molar-refractivity contribution is 5.88. The largest absolute Gasteiger partial charge is 0.481 e. The molecule has 0 saturated carbocycles. The van der Waals surface area contributed by atoms with Crippen LogP contribution in [0.1, 0.15) is 12.8 Å². The van der Waals surface area contributed by atoms with Crippen molar-refractivity contribution in [3.63, 3.8) is 0 Å². The summed E-state index contributed by atoms with van der Waals surface area (Å²) in [6.07, 6.45) is -2.29. The quantitative estimate of drug-likeness (QED) is 0.388. The lowest BCUT2D eigenvalue weighted by Gasteiger charge is -2.18. The number of nitrogens with one attached hydrogen (secondary N) is 1. The summed E-state index contributed by atoms with van der Waals surface area (Å²) in [4.78, 5) is 30.5. The van der Waals surface area contributed by atoms with Crippen LogP contribution in [0.5, 0.6) is 0 Å². The van der Waals surface area contributed by atoms with Gasteiger partial charge in [-0.25, -0.2) is 4.79 Å². The smallest absolute Gasteiger partial charge is 0.336 e. The van der Waals surface area contributed by atoms with Crippen molar-refractivity contribution in [3.8, 4) is 0 Å². The first-order chi connectivity index (χ1) is 7.19. The van der Waals surface area contributed by atoms with Crippen LogP contribution in [0, 0.1) is 5.41 Å². The Labute approximate surface area is 90.0 Å². The number of carbonyl (C=O) groups is 3.